The smallest absolute Gasteiger partial charge is 0.242 e. The highest BCUT2D eigenvalue weighted by atomic mass is 19.1. The van der Waals surface area contributed by atoms with Gasteiger partial charge >= 0.3 is 0 Å². The highest BCUT2D eigenvalue weighted by Crippen LogP contribution is 2.14. The standard InChI is InChI=1S/C16H23FN2O2/c1-4-8-15(20)19(12(3)16(21)18-5-2)11-13-9-6-7-10-14(13)17/h6-7,9-10,12H,4-5,8,11H2,1-3H3,(H,18,21)/t12-/m1/s1. The minimum Gasteiger partial charge on any atom is -0.355 e. The zero-order valence-corrected chi connectivity index (χ0v) is 12.9. The molecule has 2 amide bonds. The monoisotopic (exact) mass is 294 g/mol. The highest BCUT2D eigenvalue weighted by Gasteiger charge is 2.25. The lowest BCUT2D eigenvalue weighted by Crippen LogP contribution is -2.47. The molecule has 0 saturated carbocycles. The molecule has 0 aliphatic rings. The molecule has 0 heterocycles. The van der Waals surface area contributed by atoms with E-state index in [1.165, 1.54) is 11.0 Å². The van der Waals surface area contributed by atoms with Gasteiger partial charge in [0.25, 0.3) is 0 Å². The summed E-state index contributed by atoms with van der Waals surface area (Å²) in [4.78, 5) is 25.6. The van der Waals surface area contributed by atoms with Crippen LogP contribution in [0, 0.1) is 5.82 Å². The summed E-state index contributed by atoms with van der Waals surface area (Å²) in [5.41, 5.74) is 0.415. The molecule has 0 fully saturated rings. The highest BCUT2D eigenvalue weighted by molar-refractivity contribution is 5.87. The molecule has 21 heavy (non-hydrogen) atoms. The number of hydrogen-bond acceptors (Lipinski definition) is 2. The summed E-state index contributed by atoms with van der Waals surface area (Å²) < 4.78 is 13.8. The molecule has 1 aromatic rings. The normalized spacial score (nSPS) is 11.8. The Morgan fingerprint density at radius 2 is 1.95 bits per heavy atom. The van der Waals surface area contributed by atoms with Crippen LogP contribution in [0.25, 0.3) is 0 Å². The first kappa shape index (κ1) is 17.1. The summed E-state index contributed by atoms with van der Waals surface area (Å²) in [6.45, 7) is 5.98. The second-order valence-electron chi connectivity index (χ2n) is 4.93. The Hall–Kier alpha value is -1.91. The van der Waals surface area contributed by atoms with Crippen LogP contribution in [0.1, 0.15) is 39.2 Å². The number of rotatable bonds is 7. The summed E-state index contributed by atoms with van der Waals surface area (Å²) in [7, 11) is 0. The van der Waals surface area contributed by atoms with E-state index in [1.807, 2.05) is 13.8 Å². The van der Waals surface area contributed by atoms with Crippen LogP contribution in [0.4, 0.5) is 4.39 Å². The summed E-state index contributed by atoms with van der Waals surface area (Å²) in [5.74, 6) is -0.729. The number of amides is 2. The first-order valence-corrected chi connectivity index (χ1v) is 7.31. The summed E-state index contributed by atoms with van der Waals surface area (Å²) in [5, 5.41) is 2.70. The third kappa shape index (κ3) is 4.85. The number of benzene rings is 1. The molecule has 0 radical (unpaired) electrons. The van der Waals surface area contributed by atoms with Crippen LogP contribution in [0.3, 0.4) is 0 Å². The van der Waals surface area contributed by atoms with Gasteiger partial charge in [0.05, 0.1) is 0 Å². The van der Waals surface area contributed by atoms with E-state index in [0.29, 0.717) is 24.9 Å². The van der Waals surface area contributed by atoms with Crippen LogP contribution in [0.5, 0.6) is 0 Å². The van der Waals surface area contributed by atoms with Crippen LogP contribution in [0.2, 0.25) is 0 Å². The molecule has 0 bridgehead atoms. The molecular formula is C16H23FN2O2. The third-order valence-corrected chi connectivity index (χ3v) is 3.28. The maximum Gasteiger partial charge on any atom is 0.242 e. The van der Waals surface area contributed by atoms with Crippen molar-refractivity contribution in [2.45, 2.75) is 46.2 Å². The van der Waals surface area contributed by atoms with E-state index < -0.39 is 6.04 Å². The molecule has 116 valence electrons. The van der Waals surface area contributed by atoms with Crippen molar-refractivity contribution in [3.05, 3.63) is 35.6 Å². The predicted octanol–water partition coefficient (Wildman–Crippen LogP) is 2.48. The predicted molar refractivity (Wildman–Crippen MR) is 80.0 cm³/mol. The quantitative estimate of drug-likeness (QED) is 0.840. The Labute approximate surface area is 125 Å². The molecule has 1 N–H and O–H groups in total. The topological polar surface area (TPSA) is 49.4 Å². The van der Waals surface area contributed by atoms with Gasteiger partial charge < -0.3 is 10.2 Å². The van der Waals surface area contributed by atoms with Crippen molar-refractivity contribution in [2.24, 2.45) is 0 Å². The van der Waals surface area contributed by atoms with Gasteiger partial charge in [0.1, 0.15) is 11.9 Å². The van der Waals surface area contributed by atoms with E-state index in [9.17, 15) is 14.0 Å². The third-order valence-electron chi connectivity index (χ3n) is 3.28. The van der Waals surface area contributed by atoms with Gasteiger partial charge in [-0.15, -0.1) is 0 Å². The fraction of sp³-hybridized carbons (Fsp3) is 0.500. The van der Waals surface area contributed by atoms with Gasteiger partial charge in [-0.25, -0.2) is 4.39 Å². The van der Waals surface area contributed by atoms with Crippen molar-refractivity contribution in [2.75, 3.05) is 6.54 Å². The Kier molecular flexibility index (Phi) is 6.85. The Balaban J connectivity index is 2.94. The first-order valence-electron chi connectivity index (χ1n) is 7.31. The van der Waals surface area contributed by atoms with Crippen molar-refractivity contribution in [1.82, 2.24) is 10.2 Å². The molecule has 5 heteroatoms. The minimum atomic E-state index is -0.622. The van der Waals surface area contributed by atoms with Crippen LogP contribution in [-0.2, 0) is 16.1 Å². The summed E-state index contributed by atoms with van der Waals surface area (Å²) in [6, 6.07) is 5.69. The van der Waals surface area contributed by atoms with E-state index in [-0.39, 0.29) is 24.2 Å². The summed E-state index contributed by atoms with van der Waals surface area (Å²) in [6.07, 6.45) is 1.03. The van der Waals surface area contributed by atoms with E-state index in [0.717, 1.165) is 0 Å². The van der Waals surface area contributed by atoms with Crippen LogP contribution in [0.15, 0.2) is 24.3 Å². The maximum atomic E-state index is 13.8. The maximum absolute atomic E-state index is 13.8. The molecule has 0 saturated heterocycles. The molecule has 0 aliphatic carbocycles. The lowest BCUT2D eigenvalue weighted by atomic mass is 10.1. The SMILES string of the molecule is CCCC(=O)N(Cc1ccccc1F)[C@H](C)C(=O)NCC. The van der Waals surface area contributed by atoms with Gasteiger partial charge in [0.2, 0.25) is 11.8 Å². The van der Waals surface area contributed by atoms with Crippen LogP contribution < -0.4 is 5.32 Å². The van der Waals surface area contributed by atoms with Crippen molar-refractivity contribution in [1.29, 1.82) is 0 Å². The lowest BCUT2D eigenvalue weighted by molar-refractivity contribution is -0.140. The number of carbonyl (C=O) groups is 2. The summed E-state index contributed by atoms with van der Waals surface area (Å²) >= 11 is 0. The lowest BCUT2D eigenvalue weighted by Gasteiger charge is -2.28. The van der Waals surface area contributed by atoms with Crippen molar-refractivity contribution < 1.29 is 14.0 Å². The van der Waals surface area contributed by atoms with Gasteiger partial charge in [0.15, 0.2) is 0 Å². The average molecular weight is 294 g/mol. The van der Waals surface area contributed by atoms with Gasteiger partial charge in [-0.2, -0.15) is 0 Å². The molecule has 1 aromatic carbocycles. The molecular weight excluding hydrogens is 271 g/mol. The van der Waals surface area contributed by atoms with Crippen LogP contribution in [-0.4, -0.2) is 29.3 Å². The number of nitrogens with zero attached hydrogens (tertiary/aromatic N) is 1. The van der Waals surface area contributed by atoms with E-state index in [4.69, 9.17) is 0 Å². The molecule has 1 atom stereocenters. The van der Waals surface area contributed by atoms with E-state index >= 15 is 0 Å². The largest absolute Gasteiger partial charge is 0.355 e. The van der Waals surface area contributed by atoms with Crippen molar-refractivity contribution in [3.8, 4) is 0 Å². The van der Waals surface area contributed by atoms with Gasteiger partial charge in [-0.05, 0) is 26.3 Å². The number of nitrogens with one attached hydrogen (secondary N) is 1. The Bertz CT molecular complexity index is 491. The zero-order chi connectivity index (χ0) is 15.8. The molecule has 4 nitrogen and oxygen atoms in total. The minimum absolute atomic E-state index is 0.101. The van der Waals surface area contributed by atoms with Crippen molar-refractivity contribution in [3.63, 3.8) is 0 Å². The zero-order valence-electron chi connectivity index (χ0n) is 12.9. The van der Waals surface area contributed by atoms with Gasteiger partial charge in [0, 0.05) is 25.1 Å². The fourth-order valence-corrected chi connectivity index (χ4v) is 2.07. The fourth-order valence-electron chi connectivity index (χ4n) is 2.07. The van der Waals surface area contributed by atoms with Gasteiger partial charge in [-0.1, -0.05) is 25.1 Å². The molecule has 0 aromatic heterocycles. The molecule has 0 aliphatic heterocycles. The average Bonchev–Trinajstić information content (AvgIpc) is 2.46. The number of likely N-dealkylation sites (N-methyl/N-ethyl adjacent to an activating group) is 1. The number of hydrogen-bond donors (Lipinski definition) is 1. The number of carbonyl (C=O) groups excluding carboxylic acids is 2. The second-order valence-corrected chi connectivity index (χ2v) is 4.93. The molecule has 0 spiro atoms. The Morgan fingerprint density at radius 1 is 1.29 bits per heavy atom. The van der Waals surface area contributed by atoms with Crippen molar-refractivity contribution >= 4 is 11.8 Å². The molecule has 1 rings (SSSR count). The molecule has 0 unspecified atom stereocenters. The van der Waals surface area contributed by atoms with Gasteiger partial charge in [-0.3, -0.25) is 9.59 Å². The van der Waals surface area contributed by atoms with Crippen LogP contribution >= 0.6 is 0 Å². The first-order chi connectivity index (χ1) is 10.0. The Morgan fingerprint density at radius 3 is 2.52 bits per heavy atom. The van der Waals surface area contributed by atoms with E-state index in [2.05, 4.69) is 5.32 Å². The van der Waals surface area contributed by atoms with E-state index in [1.54, 1.807) is 25.1 Å². The number of halogens is 1. The second kappa shape index (κ2) is 8.39.